The highest BCUT2D eigenvalue weighted by molar-refractivity contribution is 5.80. The zero-order valence-electron chi connectivity index (χ0n) is 18.9. The second-order valence-corrected chi connectivity index (χ2v) is 7.46. The first-order chi connectivity index (χ1) is 16.1. The van der Waals surface area contributed by atoms with Crippen molar-refractivity contribution in [2.75, 3.05) is 25.6 Å². The molecule has 0 bridgehead atoms. The molecule has 4 aromatic rings. The molecule has 0 saturated carbocycles. The zero-order chi connectivity index (χ0) is 23.2. The van der Waals surface area contributed by atoms with Crippen LogP contribution in [0.15, 0.2) is 46.0 Å². The molecule has 4 aromatic heterocycles. The van der Waals surface area contributed by atoms with Gasteiger partial charge in [-0.25, -0.2) is 9.97 Å². The van der Waals surface area contributed by atoms with Crippen LogP contribution in [0, 0.1) is 6.92 Å². The molecule has 10 heteroatoms. The Morgan fingerprint density at radius 1 is 1.15 bits per heavy atom. The summed E-state index contributed by atoms with van der Waals surface area (Å²) >= 11 is 0. The number of hydrogen-bond acceptors (Lipinski definition) is 9. The van der Waals surface area contributed by atoms with Crippen molar-refractivity contribution in [1.82, 2.24) is 24.7 Å². The van der Waals surface area contributed by atoms with E-state index in [2.05, 4.69) is 25.4 Å². The van der Waals surface area contributed by atoms with Gasteiger partial charge in [0.25, 0.3) is 5.56 Å². The van der Waals surface area contributed by atoms with E-state index >= 15 is 0 Å². The highest BCUT2D eigenvalue weighted by Gasteiger charge is 2.14. The van der Waals surface area contributed by atoms with Gasteiger partial charge in [-0.15, -0.1) is 0 Å². The fraction of sp³-hybridized carbons (Fsp3) is 0.348. The van der Waals surface area contributed by atoms with Crippen molar-refractivity contribution in [3.05, 3.63) is 58.5 Å². The molecule has 0 aliphatic heterocycles. The molecule has 0 aliphatic rings. The van der Waals surface area contributed by atoms with E-state index in [1.54, 1.807) is 30.1 Å². The molecule has 0 saturated heterocycles. The second-order valence-electron chi connectivity index (χ2n) is 7.46. The molecule has 4 rings (SSSR count). The number of aromatic nitrogens is 5. The first kappa shape index (κ1) is 22.4. The van der Waals surface area contributed by atoms with Gasteiger partial charge in [-0.2, -0.15) is 0 Å². The highest BCUT2D eigenvalue weighted by Crippen LogP contribution is 2.22. The maximum Gasteiger partial charge on any atom is 0.293 e. The normalized spacial score (nSPS) is 11.1. The Morgan fingerprint density at radius 2 is 2.03 bits per heavy atom. The molecule has 0 unspecified atom stereocenters. The molecule has 4 heterocycles. The lowest BCUT2D eigenvalue weighted by Crippen LogP contribution is -2.27. The zero-order valence-corrected chi connectivity index (χ0v) is 18.9. The Hall–Kier alpha value is -3.79. The molecule has 10 nitrogen and oxygen atoms in total. The van der Waals surface area contributed by atoms with Crippen LogP contribution in [-0.4, -0.2) is 45.0 Å². The summed E-state index contributed by atoms with van der Waals surface area (Å²) in [5.74, 6) is 1.44. The quantitative estimate of drug-likeness (QED) is 0.363. The van der Waals surface area contributed by atoms with E-state index in [0.29, 0.717) is 60.4 Å². The van der Waals surface area contributed by atoms with Crippen molar-refractivity contribution in [2.45, 2.75) is 33.4 Å². The molecule has 0 spiro atoms. The Morgan fingerprint density at radius 3 is 2.73 bits per heavy atom. The van der Waals surface area contributed by atoms with Crippen LogP contribution < -0.4 is 15.6 Å². The van der Waals surface area contributed by atoms with E-state index in [1.165, 1.54) is 0 Å². The van der Waals surface area contributed by atoms with Crippen LogP contribution in [0.4, 0.5) is 5.82 Å². The number of methoxy groups -OCH3 is 1. The van der Waals surface area contributed by atoms with Crippen LogP contribution in [-0.2, 0) is 17.8 Å². The molecule has 33 heavy (non-hydrogen) atoms. The fourth-order valence-corrected chi connectivity index (χ4v) is 3.37. The summed E-state index contributed by atoms with van der Waals surface area (Å²) in [6, 6.07) is 7.29. The van der Waals surface area contributed by atoms with E-state index in [0.717, 1.165) is 12.0 Å². The first-order valence-electron chi connectivity index (χ1n) is 10.7. The van der Waals surface area contributed by atoms with Gasteiger partial charge in [0.05, 0.1) is 37.7 Å². The van der Waals surface area contributed by atoms with Crippen molar-refractivity contribution in [3.63, 3.8) is 0 Å². The lowest BCUT2D eigenvalue weighted by molar-refractivity contribution is 0.127. The van der Waals surface area contributed by atoms with Crippen molar-refractivity contribution in [3.8, 4) is 17.1 Å². The minimum Gasteiger partial charge on any atom is -0.481 e. The molecule has 0 radical (unpaired) electrons. The third-order valence-electron chi connectivity index (χ3n) is 5.00. The van der Waals surface area contributed by atoms with Gasteiger partial charge in [-0.3, -0.25) is 9.78 Å². The number of rotatable bonds is 10. The highest BCUT2D eigenvalue weighted by atomic mass is 16.5. The number of nitrogens with zero attached hydrogens (tertiary/aromatic N) is 5. The Kier molecular flexibility index (Phi) is 6.94. The van der Waals surface area contributed by atoms with E-state index in [-0.39, 0.29) is 11.4 Å². The maximum absolute atomic E-state index is 13.3. The van der Waals surface area contributed by atoms with E-state index in [4.69, 9.17) is 14.0 Å². The third kappa shape index (κ3) is 5.17. The summed E-state index contributed by atoms with van der Waals surface area (Å²) < 4.78 is 17.5. The van der Waals surface area contributed by atoms with Gasteiger partial charge in [-0.05, 0) is 25.5 Å². The summed E-state index contributed by atoms with van der Waals surface area (Å²) in [6.07, 6.45) is 4.25. The molecule has 0 fully saturated rings. The number of nitrogens with one attached hydrogen (secondary N) is 1. The van der Waals surface area contributed by atoms with Crippen LogP contribution in [0.2, 0.25) is 0 Å². The van der Waals surface area contributed by atoms with E-state index in [1.807, 2.05) is 32.0 Å². The number of hydrogen-bond donors (Lipinski definition) is 1. The number of fused-ring (bicyclic) bond motifs is 1. The molecule has 0 aliphatic carbocycles. The molecule has 0 amide bonds. The largest absolute Gasteiger partial charge is 0.481 e. The minimum atomic E-state index is -0.243. The van der Waals surface area contributed by atoms with Crippen molar-refractivity contribution in [2.24, 2.45) is 0 Å². The Balaban J connectivity index is 1.70. The standard InChI is InChI=1S/C23H26N6O4/c1-4-8-32-9-7-29-20-11-18(16-5-6-21(31-3)25-12-16)24-14-19(20)27-22(23(29)30)26-13-17-10-15(2)33-28-17/h5-6,10-12,14H,4,7-9,13H2,1-3H3,(H,26,27). The summed E-state index contributed by atoms with van der Waals surface area (Å²) in [4.78, 5) is 26.6. The molecular formula is C23H26N6O4. The molecule has 1 N–H and O–H groups in total. The average Bonchev–Trinajstić information content (AvgIpc) is 3.26. The van der Waals surface area contributed by atoms with E-state index in [9.17, 15) is 4.79 Å². The van der Waals surface area contributed by atoms with E-state index < -0.39 is 0 Å². The lowest BCUT2D eigenvalue weighted by atomic mass is 10.2. The van der Waals surface area contributed by atoms with Crippen LogP contribution >= 0.6 is 0 Å². The van der Waals surface area contributed by atoms with Gasteiger partial charge >= 0.3 is 0 Å². The lowest BCUT2D eigenvalue weighted by Gasteiger charge is -2.14. The minimum absolute atomic E-state index is 0.222. The second kappa shape index (κ2) is 10.2. The van der Waals surface area contributed by atoms with Gasteiger partial charge < -0.3 is 23.9 Å². The van der Waals surface area contributed by atoms with Gasteiger partial charge in [0.2, 0.25) is 5.88 Å². The molecular weight excluding hydrogens is 424 g/mol. The third-order valence-corrected chi connectivity index (χ3v) is 5.00. The number of anilines is 1. The number of aryl methyl sites for hydroxylation is 1. The Bertz CT molecular complexity index is 1280. The average molecular weight is 450 g/mol. The molecule has 0 atom stereocenters. The van der Waals surface area contributed by atoms with Crippen LogP contribution in [0.25, 0.3) is 22.3 Å². The van der Waals surface area contributed by atoms with Crippen molar-refractivity contribution in [1.29, 1.82) is 0 Å². The van der Waals surface area contributed by atoms with Crippen LogP contribution in [0.1, 0.15) is 24.8 Å². The predicted octanol–water partition coefficient (Wildman–Crippen LogP) is 3.20. The smallest absolute Gasteiger partial charge is 0.293 e. The monoisotopic (exact) mass is 450 g/mol. The van der Waals surface area contributed by atoms with Gasteiger partial charge in [0, 0.05) is 37.0 Å². The first-order valence-corrected chi connectivity index (χ1v) is 10.7. The summed E-state index contributed by atoms with van der Waals surface area (Å²) in [7, 11) is 1.57. The van der Waals surface area contributed by atoms with Crippen LogP contribution in [0.5, 0.6) is 5.88 Å². The molecule has 0 aromatic carbocycles. The fourth-order valence-electron chi connectivity index (χ4n) is 3.37. The predicted molar refractivity (Wildman–Crippen MR) is 123 cm³/mol. The molecule has 172 valence electrons. The van der Waals surface area contributed by atoms with Gasteiger partial charge in [0.1, 0.15) is 17.0 Å². The summed E-state index contributed by atoms with van der Waals surface area (Å²) in [5, 5.41) is 7.03. The van der Waals surface area contributed by atoms with Crippen LogP contribution in [0.3, 0.4) is 0 Å². The van der Waals surface area contributed by atoms with Gasteiger partial charge in [0.15, 0.2) is 5.82 Å². The van der Waals surface area contributed by atoms with Crippen molar-refractivity contribution < 1.29 is 14.0 Å². The summed E-state index contributed by atoms with van der Waals surface area (Å²) in [6.45, 7) is 5.62. The summed E-state index contributed by atoms with van der Waals surface area (Å²) in [5.41, 5.74) is 3.20. The maximum atomic E-state index is 13.3. The van der Waals surface area contributed by atoms with Gasteiger partial charge in [-0.1, -0.05) is 12.1 Å². The Labute approximate surface area is 190 Å². The number of pyridine rings is 2. The van der Waals surface area contributed by atoms with Crippen molar-refractivity contribution >= 4 is 16.9 Å². The SMILES string of the molecule is CCCOCCn1c(=O)c(NCc2cc(C)on2)nc2cnc(-c3ccc(OC)nc3)cc21. The topological polar surface area (TPSA) is 117 Å². The number of ether oxygens (including phenoxy) is 2.